The van der Waals surface area contributed by atoms with Gasteiger partial charge < -0.3 is 5.32 Å². The molecule has 2 aromatic carbocycles. The van der Waals surface area contributed by atoms with Crippen LogP contribution in [0.2, 0.25) is 5.02 Å². The number of benzene rings is 2. The molecule has 0 aromatic heterocycles. The molecule has 1 amide bonds. The predicted octanol–water partition coefficient (Wildman–Crippen LogP) is 2.56. The molecule has 0 aliphatic rings. The monoisotopic (exact) mass is 366 g/mol. The molecule has 0 aliphatic heterocycles. The van der Waals surface area contributed by atoms with Crippen LogP contribution < -0.4 is 5.32 Å². The highest BCUT2D eigenvalue weighted by atomic mass is 35.5. The lowest BCUT2D eigenvalue weighted by Gasteiger charge is -2.11. The molecular weight excluding hydrogens is 348 g/mol. The molecule has 5 nitrogen and oxygen atoms in total. The second kappa shape index (κ2) is 7.79. The van der Waals surface area contributed by atoms with Gasteiger partial charge in [0.2, 0.25) is 10.0 Å². The first kappa shape index (κ1) is 18.4. The maximum Gasteiger partial charge on any atom is 0.251 e. The summed E-state index contributed by atoms with van der Waals surface area (Å²) in [5, 5.41) is 3.47. The molecule has 24 heavy (non-hydrogen) atoms. The van der Waals surface area contributed by atoms with Gasteiger partial charge in [0, 0.05) is 31.2 Å². The average Bonchev–Trinajstić information content (AvgIpc) is 2.55. The van der Waals surface area contributed by atoms with Gasteiger partial charge in [-0.15, -0.1) is 0 Å². The zero-order chi connectivity index (χ0) is 17.7. The number of carbonyl (C=O) groups excluding carboxylic acids is 1. The second-order valence-electron chi connectivity index (χ2n) is 5.45. The van der Waals surface area contributed by atoms with Gasteiger partial charge in [-0.2, -0.15) is 0 Å². The van der Waals surface area contributed by atoms with Crippen LogP contribution in [0.1, 0.15) is 15.9 Å². The van der Waals surface area contributed by atoms with Crippen LogP contribution in [0.4, 0.5) is 0 Å². The molecule has 7 heteroatoms. The minimum absolute atomic E-state index is 0.156. The van der Waals surface area contributed by atoms with E-state index in [9.17, 15) is 13.2 Å². The Kier molecular flexibility index (Phi) is 5.99. The van der Waals surface area contributed by atoms with Crippen molar-refractivity contribution in [3.63, 3.8) is 0 Å². The molecule has 0 atom stereocenters. The molecule has 0 heterocycles. The Morgan fingerprint density at radius 2 is 1.79 bits per heavy atom. The van der Waals surface area contributed by atoms with Crippen molar-refractivity contribution in [3.05, 3.63) is 64.7 Å². The highest BCUT2D eigenvalue weighted by Gasteiger charge is 2.17. The summed E-state index contributed by atoms with van der Waals surface area (Å²) in [6.45, 7) is 0.469. The highest BCUT2D eigenvalue weighted by Crippen LogP contribution is 2.14. The number of hydrogen-bond acceptors (Lipinski definition) is 3. The molecular formula is C17H19ClN2O3S. The molecule has 0 spiro atoms. The maximum absolute atomic E-state index is 12.1. The first-order valence-electron chi connectivity index (χ1n) is 7.36. The number of nitrogens with zero attached hydrogens (tertiary/aromatic N) is 1. The minimum atomic E-state index is -3.49. The fourth-order valence-corrected chi connectivity index (χ4v) is 3.22. The molecule has 128 valence electrons. The first-order chi connectivity index (χ1) is 11.3. The summed E-state index contributed by atoms with van der Waals surface area (Å²) in [6.07, 6.45) is 0.666. The van der Waals surface area contributed by atoms with E-state index in [0.29, 0.717) is 23.6 Å². The van der Waals surface area contributed by atoms with Gasteiger partial charge in [0.25, 0.3) is 5.91 Å². The summed E-state index contributed by atoms with van der Waals surface area (Å²) in [5.74, 6) is -0.245. The standard InChI is InChI=1S/C17H19ClN2O3S/c1-20(2)24(22,23)16-8-6-14(7-9-16)17(21)19-11-10-13-4-3-5-15(18)12-13/h3-9,12H,10-11H2,1-2H3,(H,19,21). The van der Waals surface area contributed by atoms with Crippen molar-refractivity contribution in [1.82, 2.24) is 9.62 Å². The first-order valence-corrected chi connectivity index (χ1v) is 9.18. The van der Waals surface area contributed by atoms with E-state index in [0.717, 1.165) is 9.87 Å². The molecule has 0 radical (unpaired) electrons. The zero-order valence-corrected chi connectivity index (χ0v) is 15.1. The molecule has 2 rings (SSSR count). The molecule has 0 saturated heterocycles. The van der Waals surface area contributed by atoms with Crippen LogP contribution >= 0.6 is 11.6 Å². The number of nitrogens with one attached hydrogen (secondary N) is 1. The third-order valence-corrected chi connectivity index (χ3v) is 5.55. The second-order valence-corrected chi connectivity index (χ2v) is 8.04. The molecule has 0 unspecified atom stereocenters. The summed E-state index contributed by atoms with van der Waals surface area (Å²) in [6, 6.07) is 13.3. The van der Waals surface area contributed by atoms with Crippen LogP contribution in [0.5, 0.6) is 0 Å². The number of halogens is 1. The Labute approximate surface area is 147 Å². The van der Waals surface area contributed by atoms with E-state index in [-0.39, 0.29) is 10.8 Å². The van der Waals surface area contributed by atoms with E-state index in [1.807, 2.05) is 18.2 Å². The molecule has 0 saturated carbocycles. The number of hydrogen-bond donors (Lipinski definition) is 1. The van der Waals surface area contributed by atoms with Crippen molar-refractivity contribution in [3.8, 4) is 0 Å². The summed E-state index contributed by atoms with van der Waals surface area (Å²) in [5.41, 5.74) is 1.45. The van der Waals surface area contributed by atoms with Gasteiger partial charge in [0.05, 0.1) is 4.90 Å². The summed E-state index contributed by atoms with van der Waals surface area (Å²) < 4.78 is 25.1. The van der Waals surface area contributed by atoms with Crippen molar-refractivity contribution in [1.29, 1.82) is 0 Å². The van der Waals surface area contributed by atoms with Crippen molar-refractivity contribution in [2.45, 2.75) is 11.3 Å². The molecule has 0 bridgehead atoms. The highest BCUT2D eigenvalue weighted by molar-refractivity contribution is 7.89. The quantitative estimate of drug-likeness (QED) is 0.854. The Hall–Kier alpha value is -1.89. The lowest BCUT2D eigenvalue weighted by Crippen LogP contribution is -2.26. The van der Waals surface area contributed by atoms with E-state index >= 15 is 0 Å². The van der Waals surface area contributed by atoms with E-state index in [4.69, 9.17) is 11.6 Å². The van der Waals surface area contributed by atoms with E-state index in [1.165, 1.54) is 38.4 Å². The predicted molar refractivity (Wildman–Crippen MR) is 94.8 cm³/mol. The van der Waals surface area contributed by atoms with Crippen molar-refractivity contribution in [2.24, 2.45) is 0 Å². The molecule has 0 aliphatic carbocycles. The van der Waals surface area contributed by atoms with Crippen LogP contribution in [0.15, 0.2) is 53.4 Å². The van der Waals surface area contributed by atoms with Crippen molar-refractivity contribution in [2.75, 3.05) is 20.6 Å². The van der Waals surface area contributed by atoms with Crippen LogP contribution in [0.3, 0.4) is 0 Å². The van der Waals surface area contributed by atoms with E-state index in [2.05, 4.69) is 5.32 Å². The van der Waals surface area contributed by atoms with Gasteiger partial charge in [-0.05, 0) is 48.4 Å². The molecule has 1 N–H and O–H groups in total. The van der Waals surface area contributed by atoms with Crippen LogP contribution in [-0.4, -0.2) is 39.3 Å². The summed E-state index contributed by atoms with van der Waals surface area (Å²) in [7, 11) is -0.559. The number of sulfonamides is 1. The number of rotatable bonds is 6. The van der Waals surface area contributed by atoms with Gasteiger partial charge in [0.1, 0.15) is 0 Å². The summed E-state index contributed by atoms with van der Waals surface area (Å²) in [4.78, 5) is 12.3. The fraction of sp³-hybridized carbons (Fsp3) is 0.235. The van der Waals surface area contributed by atoms with Crippen LogP contribution in [0, 0.1) is 0 Å². The Morgan fingerprint density at radius 1 is 1.12 bits per heavy atom. The Balaban J connectivity index is 1.96. The number of carbonyl (C=O) groups is 1. The average molecular weight is 367 g/mol. The number of amides is 1. The Morgan fingerprint density at radius 3 is 2.38 bits per heavy atom. The smallest absolute Gasteiger partial charge is 0.251 e. The maximum atomic E-state index is 12.1. The Bertz CT molecular complexity index is 818. The SMILES string of the molecule is CN(C)S(=O)(=O)c1ccc(C(=O)NCCc2cccc(Cl)c2)cc1. The lowest BCUT2D eigenvalue weighted by atomic mass is 10.1. The van der Waals surface area contributed by atoms with Crippen molar-refractivity contribution < 1.29 is 13.2 Å². The van der Waals surface area contributed by atoms with Gasteiger partial charge in [-0.1, -0.05) is 23.7 Å². The molecule has 0 fully saturated rings. The molecule has 2 aromatic rings. The summed E-state index contributed by atoms with van der Waals surface area (Å²) >= 11 is 5.92. The van der Waals surface area contributed by atoms with Crippen LogP contribution in [-0.2, 0) is 16.4 Å². The van der Waals surface area contributed by atoms with Gasteiger partial charge >= 0.3 is 0 Å². The lowest BCUT2D eigenvalue weighted by molar-refractivity contribution is 0.0954. The van der Waals surface area contributed by atoms with E-state index in [1.54, 1.807) is 6.07 Å². The topological polar surface area (TPSA) is 66.5 Å². The van der Waals surface area contributed by atoms with Crippen LogP contribution in [0.25, 0.3) is 0 Å². The zero-order valence-electron chi connectivity index (χ0n) is 13.5. The third kappa shape index (κ3) is 4.56. The van der Waals surface area contributed by atoms with Gasteiger partial charge in [-0.25, -0.2) is 12.7 Å². The van der Waals surface area contributed by atoms with Crippen molar-refractivity contribution >= 4 is 27.5 Å². The normalized spacial score (nSPS) is 11.5. The minimum Gasteiger partial charge on any atom is -0.352 e. The largest absolute Gasteiger partial charge is 0.352 e. The van der Waals surface area contributed by atoms with Gasteiger partial charge in [-0.3, -0.25) is 4.79 Å². The van der Waals surface area contributed by atoms with Gasteiger partial charge in [0.15, 0.2) is 0 Å². The van der Waals surface area contributed by atoms with E-state index < -0.39 is 10.0 Å². The third-order valence-electron chi connectivity index (χ3n) is 3.48. The fourth-order valence-electron chi connectivity index (χ4n) is 2.10.